The van der Waals surface area contributed by atoms with Gasteiger partial charge in [0.1, 0.15) is 6.04 Å². The van der Waals surface area contributed by atoms with E-state index in [4.69, 9.17) is 9.47 Å². The van der Waals surface area contributed by atoms with E-state index in [2.05, 4.69) is 71.8 Å². The average molecular weight is 654 g/mol. The lowest BCUT2D eigenvalue weighted by molar-refractivity contribution is -0.317. The van der Waals surface area contributed by atoms with Crippen molar-refractivity contribution in [3.8, 4) is 0 Å². The minimum Gasteiger partial charge on any atom is -0.388 e. The second kappa shape index (κ2) is 9.15. The third kappa shape index (κ3) is 3.47. The van der Waals surface area contributed by atoms with Crippen molar-refractivity contribution in [2.24, 2.45) is 28.6 Å². The largest absolute Gasteiger partial charge is 0.388 e. The molecule has 7 aliphatic rings. The quantitative estimate of drug-likeness (QED) is 0.318. The van der Waals surface area contributed by atoms with E-state index < -0.39 is 29.1 Å². The van der Waals surface area contributed by atoms with Crippen molar-refractivity contribution in [2.45, 2.75) is 154 Å². The van der Waals surface area contributed by atoms with Gasteiger partial charge in [0, 0.05) is 34.4 Å². The van der Waals surface area contributed by atoms with Crippen molar-refractivity contribution in [1.82, 2.24) is 4.57 Å². The molecule has 2 saturated carbocycles. The van der Waals surface area contributed by atoms with Gasteiger partial charge in [0.05, 0.1) is 34.5 Å². The first-order chi connectivity index (χ1) is 22.3. The molecule has 0 amide bonds. The molecule has 10 atom stereocenters. The Morgan fingerprint density at radius 2 is 1.79 bits per heavy atom. The molecular weight excluding hydrogens is 598 g/mol. The Morgan fingerprint density at radius 1 is 1.06 bits per heavy atom. The first-order valence-corrected chi connectivity index (χ1v) is 18.8. The van der Waals surface area contributed by atoms with E-state index in [-0.39, 0.29) is 34.1 Å². The van der Waals surface area contributed by atoms with Gasteiger partial charge in [0.15, 0.2) is 11.6 Å². The maximum absolute atomic E-state index is 14.9. The lowest BCUT2D eigenvalue weighted by Crippen LogP contribution is -2.65. The maximum atomic E-state index is 14.9. The van der Waals surface area contributed by atoms with E-state index in [0.29, 0.717) is 30.2 Å². The van der Waals surface area contributed by atoms with Gasteiger partial charge in [-0.3, -0.25) is 4.79 Å². The zero-order chi connectivity index (χ0) is 34.3. The number of hydrogen-bond donors (Lipinski definition) is 2. The fraction of sp³-hybridized carbons (Fsp3) is 0.690. The molecule has 3 fully saturated rings. The SMILES string of the molecule is C=C(C)[C@H]1C(=O)c2c3c(cc4c5c(n1c24)C1(C)C(CCC2[C@]4(C)CC[C@@](O)(CC)O[C@H]4CC[C@@]21C)C5)C1=CC(C)(C)OC(C)(C)C1[C@@H]3O. The minimum absolute atomic E-state index is 0.00136. The van der Waals surface area contributed by atoms with Crippen LogP contribution < -0.4 is 0 Å². The number of carbonyl (C=O) groups excluding carboxylic acids is 1. The highest BCUT2D eigenvalue weighted by atomic mass is 16.6. The Balaban J connectivity index is 1.27. The Labute approximate surface area is 285 Å². The van der Waals surface area contributed by atoms with Gasteiger partial charge in [-0.2, -0.15) is 0 Å². The summed E-state index contributed by atoms with van der Waals surface area (Å²) in [6.07, 6.45) is 9.07. The fourth-order valence-corrected chi connectivity index (χ4v) is 13.5. The first-order valence-electron chi connectivity index (χ1n) is 18.8. The number of aliphatic hydroxyl groups is 2. The van der Waals surface area contributed by atoms with Crippen molar-refractivity contribution >= 4 is 22.3 Å². The predicted molar refractivity (Wildman–Crippen MR) is 188 cm³/mol. The van der Waals surface area contributed by atoms with Gasteiger partial charge in [-0.25, -0.2) is 0 Å². The van der Waals surface area contributed by atoms with E-state index in [0.717, 1.165) is 59.9 Å². The molecule has 2 aromatic rings. The normalized spacial score (nSPS) is 44.4. The summed E-state index contributed by atoms with van der Waals surface area (Å²) >= 11 is 0. The highest BCUT2D eigenvalue weighted by Gasteiger charge is 2.69. The third-order valence-corrected chi connectivity index (χ3v) is 15.6. The number of ketones is 1. The van der Waals surface area contributed by atoms with Crippen LogP contribution in [0.25, 0.3) is 16.5 Å². The summed E-state index contributed by atoms with van der Waals surface area (Å²) in [5, 5.41) is 24.6. The smallest absolute Gasteiger partial charge is 0.192 e. The molecule has 2 N–H and O–H groups in total. The summed E-state index contributed by atoms with van der Waals surface area (Å²) in [5.74, 6) is -0.221. The Morgan fingerprint density at radius 3 is 2.48 bits per heavy atom. The summed E-state index contributed by atoms with van der Waals surface area (Å²) in [6.45, 7) is 24.4. The fourth-order valence-electron chi connectivity index (χ4n) is 13.5. The molecule has 9 rings (SSSR count). The zero-order valence-corrected chi connectivity index (χ0v) is 30.5. The van der Waals surface area contributed by atoms with Crippen LogP contribution >= 0.6 is 0 Å². The molecular formula is C42H55NO5. The van der Waals surface area contributed by atoms with Gasteiger partial charge in [0.2, 0.25) is 0 Å². The standard InChI is InChI=1S/C42H55NO5/c1-11-42(46)17-16-39(8)27-13-12-22-18-25-24-19-23-26-20-37(4,5)48-38(6,7)31(26)34(44)29(23)30-33(24)43(32(21(2)3)35(30)45)36(25)41(22,10)40(27,9)15-14-28(39)47-42/h19-20,22,27-28,31-32,34,44,46H,2,11-18H2,1,3-10H3/t22?,27?,28-,31?,32-,34+,39-,40-,41?,42+/m0/s1. The van der Waals surface area contributed by atoms with Crippen LogP contribution in [0.3, 0.4) is 0 Å². The maximum Gasteiger partial charge on any atom is 0.192 e. The van der Waals surface area contributed by atoms with Crippen molar-refractivity contribution in [3.05, 3.63) is 52.2 Å². The van der Waals surface area contributed by atoms with Gasteiger partial charge in [0.25, 0.3) is 0 Å². The number of carbonyl (C=O) groups is 1. The molecule has 48 heavy (non-hydrogen) atoms. The number of allylic oxidation sites excluding steroid dienone is 1. The van der Waals surface area contributed by atoms with E-state index in [1.165, 1.54) is 23.1 Å². The number of aromatic nitrogens is 1. The lowest BCUT2D eigenvalue weighted by Gasteiger charge is -2.67. The van der Waals surface area contributed by atoms with Crippen LogP contribution in [0.2, 0.25) is 0 Å². The number of fused-ring (bicyclic) bond motifs is 13. The van der Waals surface area contributed by atoms with Crippen LogP contribution in [0, 0.1) is 28.6 Å². The van der Waals surface area contributed by atoms with Gasteiger partial charge < -0.3 is 24.3 Å². The minimum atomic E-state index is -1.01. The van der Waals surface area contributed by atoms with E-state index in [1.54, 1.807) is 0 Å². The van der Waals surface area contributed by atoms with Crippen LogP contribution in [-0.4, -0.2) is 43.7 Å². The average Bonchev–Trinajstić information content (AvgIpc) is 3.66. The number of rotatable bonds is 2. The van der Waals surface area contributed by atoms with Crippen LogP contribution in [0.5, 0.6) is 0 Å². The molecule has 258 valence electrons. The molecule has 0 spiro atoms. The number of nitrogens with zero attached hydrogens (tertiary/aromatic N) is 1. The molecule has 1 aromatic carbocycles. The third-order valence-electron chi connectivity index (χ3n) is 15.6. The Bertz CT molecular complexity index is 1880. The van der Waals surface area contributed by atoms with Crippen molar-refractivity contribution < 1.29 is 24.5 Å². The molecule has 1 aromatic heterocycles. The molecule has 6 heteroatoms. The highest BCUT2D eigenvalue weighted by Crippen LogP contribution is 2.73. The molecule has 1 saturated heterocycles. The number of Topliss-reactive ketones (excluding diaryl/α,β-unsaturated/α-hetero) is 1. The van der Waals surface area contributed by atoms with E-state index in [9.17, 15) is 15.0 Å². The number of benzene rings is 1. The zero-order valence-electron chi connectivity index (χ0n) is 30.5. The summed E-state index contributed by atoms with van der Waals surface area (Å²) in [6, 6.07) is 1.88. The number of ether oxygens (including phenoxy) is 2. The Kier molecular flexibility index (Phi) is 6.05. The monoisotopic (exact) mass is 653 g/mol. The molecule has 4 aliphatic carbocycles. The topological polar surface area (TPSA) is 80.9 Å². The first kappa shape index (κ1) is 31.7. The van der Waals surface area contributed by atoms with Crippen LogP contribution in [0.1, 0.15) is 152 Å². The van der Waals surface area contributed by atoms with Crippen molar-refractivity contribution in [1.29, 1.82) is 0 Å². The van der Waals surface area contributed by atoms with Gasteiger partial charge >= 0.3 is 0 Å². The molecule has 4 heterocycles. The summed E-state index contributed by atoms with van der Waals surface area (Å²) in [5.41, 5.74) is 7.10. The number of aliphatic hydroxyl groups excluding tert-OH is 1. The van der Waals surface area contributed by atoms with E-state index in [1.807, 2.05) is 13.8 Å². The second-order valence-electron chi connectivity index (χ2n) is 18.9. The molecule has 0 radical (unpaired) electrons. The van der Waals surface area contributed by atoms with Crippen molar-refractivity contribution in [3.63, 3.8) is 0 Å². The summed E-state index contributed by atoms with van der Waals surface area (Å²) in [7, 11) is 0. The highest BCUT2D eigenvalue weighted by molar-refractivity contribution is 6.18. The van der Waals surface area contributed by atoms with Crippen LogP contribution in [0.4, 0.5) is 0 Å². The molecule has 4 unspecified atom stereocenters. The lowest BCUT2D eigenvalue weighted by atomic mass is 9.40. The Hall–Kier alpha value is -2.25. The second-order valence-corrected chi connectivity index (χ2v) is 18.9. The van der Waals surface area contributed by atoms with E-state index >= 15 is 0 Å². The van der Waals surface area contributed by atoms with Gasteiger partial charge in [-0.1, -0.05) is 39.8 Å². The van der Waals surface area contributed by atoms with Crippen molar-refractivity contribution in [2.75, 3.05) is 0 Å². The molecule has 0 bridgehead atoms. The summed E-state index contributed by atoms with van der Waals surface area (Å²) < 4.78 is 15.6. The van der Waals surface area contributed by atoms with Gasteiger partial charge in [-0.15, -0.1) is 0 Å². The molecule has 3 aliphatic heterocycles. The number of hydrogen-bond acceptors (Lipinski definition) is 5. The predicted octanol–water partition coefficient (Wildman–Crippen LogP) is 8.51. The summed E-state index contributed by atoms with van der Waals surface area (Å²) in [4.78, 5) is 14.9. The molecule has 6 nitrogen and oxygen atoms in total. The van der Waals surface area contributed by atoms with Crippen LogP contribution in [0.15, 0.2) is 24.3 Å². The van der Waals surface area contributed by atoms with Gasteiger partial charge in [-0.05, 0) is 131 Å². The van der Waals surface area contributed by atoms with Crippen LogP contribution in [-0.2, 0) is 21.3 Å².